The Morgan fingerprint density at radius 3 is 2.60 bits per heavy atom. The Bertz CT molecular complexity index is 211. The van der Waals surface area contributed by atoms with Gasteiger partial charge < -0.3 is 5.32 Å². The lowest BCUT2D eigenvalue weighted by Gasteiger charge is -2.30. The molecule has 2 atom stereocenters. The topological polar surface area (TPSA) is 12.0 Å². The number of piperidine rings is 1. The molecule has 1 heterocycles. The molecule has 2 unspecified atom stereocenters. The fourth-order valence-electron chi connectivity index (χ4n) is 3.20. The van der Waals surface area contributed by atoms with Crippen molar-refractivity contribution in [2.45, 2.75) is 46.0 Å². The summed E-state index contributed by atoms with van der Waals surface area (Å²) in [6.07, 6.45) is 9.53. The van der Waals surface area contributed by atoms with Crippen LogP contribution in [0.5, 0.6) is 0 Å². The van der Waals surface area contributed by atoms with Gasteiger partial charge in [-0.3, -0.25) is 0 Å². The lowest BCUT2D eigenvalue weighted by atomic mass is 9.83. The van der Waals surface area contributed by atoms with E-state index in [0.717, 1.165) is 17.8 Å². The third-order valence-corrected chi connectivity index (χ3v) is 4.01. The smallest absolute Gasteiger partial charge is 0.00177 e. The predicted octanol–water partition coefficient (Wildman–Crippen LogP) is 3.37. The van der Waals surface area contributed by atoms with Gasteiger partial charge in [-0.25, -0.2) is 0 Å². The van der Waals surface area contributed by atoms with Crippen LogP contribution in [0.4, 0.5) is 0 Å². The van der Waals surface area contributed by atoms with Crippen LogP contribution < -0.4 is 5.32 Å². The van der Waals surface area contributed by atoms with Crippen molar-refractivity contribution in [2.24, 2.45) is 17.8 Å². The van der Waals surface area contributed by atoms with Gasteiger partial charge in [-0.2, -0.15) is 0 Å². The van der Waals surface area contributed by atoms with Gasteiger partial charge in [0.15, 0.2) is 0 Å². The molecule has 1 heteroatoms. The maximum atomic E-state index is 3.55. The number of allylic oxidation sites excluding steroid dienone is 2. The van der Waals surface area contributed by atoms with E-state index in [1.54, 1.807) is 5.57 Å². The first-order chi connectivity index (χ1) is 7.25. The highest BCUT2D eigenvalue weighted by Crippen LogP contribution is 2.35. The lowest BCUT2D eigenvalue weighted by Crippen LogP contribution is -2.35. The van der Waals surface area contributed by atoms with Crippen LogP contribution in [0.1, 0.15) is 46.0 Å². The Morgan fingerprint density at radius 2 is 1.87 bits per heavy atom. The van der Waals surface area contributed by atoms with E-state index in [2.05, 4.69) is 25.2 Å². The third kappa shape index (κ3) is 3.07. The van der Waals surface area contributed by atoms with Crippen molar-refractivity contribution in [1.82, 2.24) is 5.32 Å². The second-order valence-corrected chi connectivity index (χ2v) is 5.66. The van der Waals surface area contributed by atoms with Gasteiger partial charge in [0.25, 0.3) is 0 Å². The Hall–Kier alpha value is -0.300. The predicted molar refractivity (Wildman–Crippen MR) is 65.9 cm³/mol. The van der Waals surface area contributed by atoms with Gasteiger partial charge in [0.2, 0.25) is 0 Å². The molecule has 1 saturated heterocycles. The maximum Gasteiger partial charge on any atom is -0.00177 e. The van der Waals surface area contributed by atoms with Crippen molar-refractivity contribution in [3.8, 4) is 0 Å². The van der Waals surface area contributed by atoms with E-state index in [4.69, 9.17) is 0 Å². The van der Waals surface area contributed by atoms with Gasteiger partial charge >= 0.3 is 0 Å². The summed E-state index contributed by atoms with van der Waals surface area (Å²) in [6.45, 7) is 7.13. The molecule has 1 aliphatic heterocycles. The molecule has 0 bridgehead atoms. The molecule has 0 radical (unpaired) electrons. The minimum absolute atomic E-state index is 0.734. The summed E-state index contributed by atoms with van der Waals surface area (Å²) in [5, 5.41) is 3.55. The molecule has 1 nitrogen and oxygen atoms in total. The first kappa shape index (κ1) is 11.2. The molecular formula is C14H25N. The Balaban J connectivity index is 1.96. The standard InChI is InChI=1S/C14H25N/c1-11(2)9-12-3-5-13-7-8-15-10-14(13)6-4-12/h9,11,13-15H,3-8,10H2,1-2H3/b12-9+. The second kappa shape index (κ2) is 5.16. The minimum atomic E-state index is 0.734. The quantitative estimate of drug-likeness (QED) is 0.650. The van der Waals surface area contributed by atoms with Crippen molar-refractivity contribution in [1.29, 1.82) is 0 Å². The van der Waals surface area contributed by atoms with Gasteiger partial charge in [-0.05, 0) is 62.9 Å². The van der Waals surface area contributed by atoms with E-state index in [1.807, 2.05) is 0 Å². The van der Waals surface area contributed by atoms with Crippen molar-refractivity contribution in [2.75, 3.05) is 13.1 Å². The van der Waals surface area contributed by atoms with Crippen molar-refractivity contribution < 1.29 is 0 Å². The number of hydrogen-bond acceptors (Lipinski definition) is 1. The summed E-state index contributed by atoms with van der Waals surface area (Å²) in [5.41, 5.74) is 1.74. The van der Waals surface area contributed by atoms with Gasteiger partial charge in [0, 0.05) is 0 Å². The van der Waals surface area contributed by atoms with Gasteiger partial charge in [-0.1, -0.05) is 25.5 Å². The molecule has 1 aliphatic carbocycles. The molecule has 0 aromatic rings. The summed E-state index contributed by atoms with van der Waals surface area (Å²) in [5.74, 6) is 2.72. The lowest BCUT2D eigenvalue weighted by molar-refractivity contribution is 0.241. The minimum Gasteiger partial charge on any atom is -0.316 e. The number of hydrogen-bond donors (Lipinski definition) is 1. The molecule has 0 spiro atoms. The van der Waals surface area contributed by atoms with E-state index in [0.29, 0.717) is 0 Å². The molecule has 1 N–H and O–H groups in total. The van der Waals surface area contributed by atoms with Crippen LogP contribution in [0.3, 0.4) is 0 Å². The van der Waals surface area contributed by atoms with Crippen LogP contribution in [-0.4, -0.2) is 13.1 Å². The van der Waals surface area contributed by atoms with Gasteiger partial charge in [-0.15, -0.1) is 0 Å². The summed E-state index contributed by atoms with van der Waals surface area (Å²) in [4.78, 5) is 0. The average molecular weight is 207 g/mol. The first-order valence-corrected chi connectivity index (χ1v) is 6.66. The van der Waals surface area contributed by atoms with Crippen molar-refractivity contribution in [3.05, 3.63) is 11.6 Å². The fraction of sp³-hybridized carbons (Fsp3) is 0.857. The molecular weight excluding hydrogens is 182 g/mol. The Labute approximate surface area is 94.3 Å². The molecule has 2 rings (SSSR count). The number of fused-ring (bicyclic) bond motifs is 1. The monoisotopic (exact) mass is 207 g/mol. The normalized spacial score (nSPS) is 35.3. The summed E-state index contributed by atoms with van der Waals surface area (Å²) >= 11 is 0. The van der Waals surface area contributed by atoms with E-state index >= 15 is 0 Å². The zero-order chi connectivity index (χ0) is 10.7. The van der Waals surface area contributed by atoms with Gasteiger partial charge in [0.05, 0.1) is 0 Å². The van der Waals surface area contributed by atoms with Crippen LogP contribution in [0.15, 0.2) is 11.6 Å². The number of rotatable bonds is 1. The molecule has 0 amide bonds. The largest absolute Gasteiger partial charge is 0.316 e. The first-order valence-electron chi connectivity index (χ1n) is 6.66. The number of nitrogens with one attached hydrogen (secondary N) is 1. The Morgan fingerprint density at radius 1 is 1.13 bits per heavy atom. The second-order valence-electron chi connectivity index (χ2n) is 5.66. The Kier molecular flexibility index (Phi) is 3.85. The van der Waals surface area contributed by atoms with Gasteiger partial charge in [0.1, 0.15) is 0 Å². The highest BCUT2D eigenvalue weighted by atomic mass is 14.9. The average Bonchev–Trinajstić information content (AvgIpc) is 2.41. The van der Waals surface area contributed by atoms with Crippen molar-refractivity contribution in [3.63, 3.8) is 0 Å². The van der Waals surface area contributed by atoms with Crippen LogP contribution in [0.2, 0.25) is 0 Å². The highest BCUT2D eigenvalue weighted by molar-refractivity contribution is 5.06. The molecule has 2 fully saturated rings. The van der Waals surface area contributed by atoms with Crippen LogP contribution in [0, 0.1) is 17.8 Å². The summed E-state index contributed by atoms with van der Waals surface area (Å²) < 4.78 is 0. The SMILES string of the molecule is CC(C)/C=C1\CCC2CCNCC2CC1. The van der Waals surface area contributed by atoms with E-state index < -0.39 is 0 Å². The summed E-state index contributed by atoms with van der Waals surface area (Å²) in [7, 11) is 0. The molecule has 15 heavy (non-hydrogen) atoms. The van der Waals surface area contributed by atoms with Crippen LogP contribution >= 0.6 is 0 Å². The molecule has 0 aromatic heterocycles. The zero-order valence-corrected chi connectivity index (χ0v) is 10.3. The zero-order valence-electron chi connectivity index (χ0n) is 10.3. The fourth-order valence-corrected chi connectivity index (χ4v) is 3.20. The van der Waals surface area contributed by atoms with Crippen molar-refractivity contribution >= 4 is 0 Å². The maximum absolute atomic E-state index is 3.55. The van der Waals surface area contributed by atoms with Crippen LogP contribution in [0.25, 0.3) is 0 Å². The van der Waals surface area contributed by atoms with Crippen LogP contribution in [-0.2, 0) is 0 Å². The summed E-state index contributed by atoms with van der Waals surface area (Å²) in [6, 6.07) is 0. The van der Waals surface area contributed by atoms with E-state index in [1.165, 1.54) is 45.2 Å². The third-order valence-electron chi connectivity index (χ3n) is 4.01. The molecule has 2 aliphatic rings. The molecule has 0 aromatic carbocycles. The van der Waals surface area contributed by atoms with E-state index in [-0.39, 0.29) is 0 Å². The molecule has 1 saturated carbocycles. The molecule has 86 valence electrons. The highest BCUT2D eigenvalue weighted by Gasteiger charge is 2.27. The van der Waals surface area contributed by atoms with E-state index in [9.17, 15) is 0 Å².